The van der Waals surface area contributed by atoms with Crippen LogP contribution >= 0.6 is 15.9 Å². The van der Waals surface area contributed by atoms with Gasteiger partial charge in [0.05, 0.1) is 22.8 Å². The minimum atomic E-state index is 0.845. The number of alkyl halides is 1. The Morgan fingerprint density at radius 1 is 0.625 bits per heavy atom. The minimum absolute atomic E-state index is 0.845. The molecule has 0 spiro atoms. The Balaban J connectivity index is 1.60. The normalized spacial score (nSPS) is 12.7. The smallest absolute Gasteiger partial charge is 0.0736 e. The Kier molecular flexibility index (Phi) is 4.62. The van der Waals surface area contributed by atoms with E-state index in [0.29, 0.717) is 0 Å². The van der Waals surface area contributed by atoms with Crippen LogP contribution in [0.25, 0.3) is 45.9 Å². The van der Waals surface area contributed by atoms with Gasteiger partial charge in [-0.05, 0) is 77.9 Å². The van der Waals surface area contributed by atoms with E-state index in [4.69, 9.17) is 9.97 Å². The molecule has 0 aliphatic carbocycles. The second kappa shape index (κ2) is 7.77. The molecule has 0 unspecified atom stereocenters. The maximum Gasteiger partial charge on any atom is 0.0736 e. The molecule has 5 heterocycles. The van der Waals surface area contributed by atoms with E-state index in [9.17, 15) is 0 Å². The number of fused-ring (bicyclic) bond motifs is 8. The first-order valence-corrected chi connectivity index (χ1v) is 11.6. The molecule has 0 amide bonds. The van der Waals surface area contributed by atoms with Crippen LogP contribution in [-0.2, 0) is 5.33 Å². The average Bonchev–Trinajstić information content (AvgIpc) is 3.59. The van der Waals surface area contributed by atoms with Crippen LogP contribution in [0.2, 0.25) is 0 Å². The number of halogens is 1. The quantitative estimate of drug-likeness (QED) is 0.264. The van der Waals surface area contributed by atoms with E-state index in [1.54, 1.807) is 0 Å². The number of hydrogen-bond donors (Lipinski definition) is 2. The molecular weight excluding hydrogens is 460 g/mol. The highest BCUT2D eigenvalue weighted by Gasteiger charge is 2.13. The molecule has 2 aliphatic rings. The number of nitrogens with one attached hydrogen (secondary N) is 2. The number of nitrogens with zero attached hydrogens (tertiary/aromatic N) is 2. The molecule has 3 aromatic heterocycles. The Bertz CT molecular complexity index is 1550. The van der Waals surface area contributed by atoms with Gasteiger partial charge in [-0.3, -0.25) is 0 Å². The predicted molar refractivity (Wildman–Crippen MR) is 136 cm³/mol. The molecule has 0 saturated carbocycles. The average molecular weight is 479 g/mol. The highest BCUT2D eigenvalue weighted by molar-refractivity contribution is 9.08. The Morgan fingerprint density at radius 2 is 1.19 bits per heavy atom. The summed E-state index contributed by atoms with van der Waals surface area (Å²) in [5.41, 5.74) is 11.3. The summed E-state index contributed by atoms with van der Waals surface area (Å²) in [6.07, 6.45) is 6.21. The van der Waals surface area contributed by atoms with Gasteiger partial charge in [0.25, 0.3) is 0 Å². The van der Waals surface area contributed by atoms with Crippen molar-refractivity contribution in [3.63, 3.8) is 0 Å². The van der Waals surface area contributed by atoms with Gasteiger partial charge in [-0.15, -0.1) is 0 Å². The second-order valence-corrected chi connectivity index (χ2v) is 8.48. The van der Waals surface area contributed by atoms with Gasteiger partial charge in [0.1, 0.15) is 0 Å². The summed E-state index contributed by atoms with van der Waals surface area (Å²) in [6.45, 7) is 0. The SMILES string of the molecule is BrCc1ccc(C2=Cc3cc4ccc(cc5nc(cc6ccc(cc2n3)[nH]6)C=C5)[nH]4)cc1. The lowest BCUT2D eigenvalue weighted by atomic mass is 10.0. The molecule has 2 N–H and O–H groups in total. The van der Waals surface area contributed by atoms with E-state index in [2.05, 4.69) is 105 Å². The molecule has 0 radical (unpaired) electrons. The van der Waals surface area contributed by atoms with Crippen molar-refractivity contribution >= 4 is 61.8 Å². The van der Waals surface area contributed by atoms with Crippen molar-refractivity contribution in [1.82, 2.24) is 19.9 Å². The molecule has 4 aromatic rings. The maximum atomic E-state index is 4.94. The molecule has 154 valence electrons. The van der Waals surface area contributed by atoms with Crippen LogP contribution < -0.4 is 0 Å². The van der Waals surface area contributed by atoms with Crippen molar-refractivity contribution in [3.8, 4) is 0 Å². The summed E-state index contributed by atoms with van der Waals surface area (Å²) in [4.78, 5) is 16.6. The summed E-state index contributed by atoms with van der Waals surface area (Å²) in [5.74, 6) is 0. The largest absolute Gasteiger partial charge is 0.355 e. The van der Waals surface area contributed by atoms with Crippen LogP contribution in [0.4, 0.5) is 0 Å². The first-order chi connectivity index (χ1) is 15.7. The van der Waals surface area contributed by atoms with Gasteiger partial charge in [0.15, 0.2) is 0 Å². The van der Waals surface area contributed by atoms with E-state index in [1.807, 2.05) is 12.2 Å². The fourth-order valence-electron chi connectivity index (χ4n) is 4.02. The molecule has 32 heavy (non-hydrogen) atoms. The van der Waals surface area contributed by atoms with Crippen LogP contribution in [0.5, 0.6) is 0 Å². The topological polar surface area (TPSA) is 57.4 Å². The standard InChI is InChI=1S/C27H19BrN4/c28-16-17-1-3-18(4-2-17)26-14-25-13-23-8-7-21(30-23)11-19-5-6-20(29-19)12-22-9-10-24(31-22)15-27(26)32-25/h1-15,30-31H,16H2. The molecule has 6 rings (SSSR count). The third kappa shape index (κ3) is 3.72. The zero-order valence-electron chi connectivity index (χ0n) is 17.1. The number of aromatic nitrogens is 4. The summed E-state index contributed by atoms with van der Waals surface area (Å²) >= 11 is 3.53. The van der Waals surface area contributed by atoms with E-state index in [0.717, 1.165) is 61.3 Å². The molecule has 8 bridgehead atoms. The maximum absolute atomic E-state index is 4.94. The zero-order chi connectivity index (χ0) is 21.5. The number of aromatic amines is 2. The number of H-pyrrole nitrogens is 2. The highest BCUT2D eigenvalue weighted by atomic mass is 79.9. The minimum Gasteiger partial charge on any atom is -0.355 e. The number of hydrogen-bond acceptors (Lipinski definition) is 2. The molecule has 4 nitrogen and oxygen atoms in total. The second-order valence-electron chi connectivity index (χ2n) is 7.92. The van der Waals surface area contributed by atoms with Crippen molar-refractivity contribution < 1.29 is 0 Å². The van der Waals surface area contributed by atoms with E-state index >= 15 is 0 Å². The monoisotopic (exact) mass is 478 g/mol. The van der Waals surface area contributed by atoms with Gasteiger partial charge >= 0.3 is 0 Å². The number of benzene rings is 1. The fraction of sp³-hybridized carbons (Fsp3) is 0.0370. The van der Waals surface area contributed by atoms with Crippen molar-refractivity contribution in [2.24, 2.45) is 0 Å². The van der Waals surface area contributed by atoms with Crippen LogP contribution in [0.15, 0.2) is 72.8 Å². The van der Waals surface area contributed by atoms with E-state index < -0.39 is 0 Å². The lowest BCUT2D eigenvalue weighted by molar-refractivity contribution is 1.30. The third-order valence-corrected chi connectivity index (χ3v) is 6.23. The fourth-order valence-corrected chi connectivity index (χ4v) is 4.39. The van der Waals surface area contributed by atoms with Crippen LogP contribution in [0.3, 0.4) is 0 Å². The van der Waals surface area contributed by atoms with Gasteiger partial charge in [0, 0.05) is 33.0 Å². The Morgan fingerprint density at radius 3 is 1.78 bits per heavy atom. The summed E-state index contributed by atoms with van der Waals surface area (Å²) in [5, 5.41) is 0.845. The lowest BCUT2D eigenvalue weighted by Gasteiger charge is -2.03. The first-order valence-electron chi connectivity index (χ1n) is 10.5. The van der Waals surface area contributed by atoms with Gasteiger partial charge < -0.3 is 9.97 Å². The van der Waals surface area contributed by atoms with Crippen molar-refractivity contribution in [1.29, 1.82) is 0 Å². The summed E-state index contributed by atoms with van der Waals surface area (Å²) in [7, 11) is 0. The Hall–Kier alpha value is -3.70. The molecule has 0 saturated heterocycles. The third-order valence-electron chi connectivity index (χ3n) is 5.58. The molecule has 5 heteroatoms. The predicted octanol–water partition coefficient (Wildman–Crippen LogP) is 6.97. The molecule has 1 aromatic carbocycles. The lowest BCUT2D eigenvalue weighted by Crippen LogP contribution is -1.86. The molecule has 0 atom stereocenters. The molecule has 0 fully saturated rings. The van der Waals surface area contributed by atoms with Crippen molar-refractivity contribution in [2.45, 2.75) is 5.33 Å². The van der Waals surface area contributed by atoms with Gasteiger partial charge in [0.2, 0.25) is 0 Å². The van der Waals surface area contributed by atoms with Crippen molar-refractivity contribution in [3.05, 3.63) is 107 Å². The van der Waals surface area contributed by atoms with Gasteiger partial charge in [-0.2, -0.15) is 0 Å². The van der Waals surface area contributed by atoms with Gasteiger partial charge in [-0.25, -0.2) is 9.97 Å². The molecular formula is C27H19BrN4. The van der Waals surface area contributed by atoms with Crippen LogP contribution in [0.1, 0.15) is 33.9 Å². The van der Waals surface area contributed by atoms with Crippen LogP contribution in [0, 0.1) is 0 Å². The van der Waals surface area contributed by atoms with E-state index in [-0.39, 0.29) is 0 Å². The number of rotatable bonds is 2. The van der Waals surface area contributed by atoms with Crippen LogP contribution in [-0.4, -0.2) is 19.9 Å². The molecule has 2 aliphatic heterocycles. The highest BCUT2D eigenvalue weighted by Crippen LogP contribution is 2.29. The van der Waals surface area contributed by atoms with Crippen molar-refractivity contribution in [2.75, 3.05) is 0 Å². The first kappa shape index (κ1) is 19.0. The Labute approximate surface area is 193 Å². The summed E-state index contributed by atoms with van der Waals surface area (Å²) < 4.78 is 0. The summed E-state index contributed by atoms with van der Waals surface area (Å²) in [6, 6.07) is 25.2. The van der Waals surface area contributed by atoms with Gasteiger partial charge in [-0.1, -0.05) is 40.2 Å². The van der Waals surface area contributed by atoms with E-state index in [1.165, 1.54) is 5.56 Å². The zero-order valence-corrected chi connectivity index (χ0v) is 18.7.